The number of aryl methyl sites for hydroxylation is 1. The molecule has 16 heavy (non-hydrogen) atoms. The predicted octanol–water partition coefficient (Wildman–Crippen LogP) is 1.14. The third kappa shape index (κ3) is 4.16. The minimum Gasteiger partial charge on any atom is -0.459 e. The van der Waals surface area contributed by atoms with E-state index in [4.69, 9.17) is 5.11 Å². The summed E-state index contributed by atoms with van der Waals surface area (Å²) in [6.45, 7) is 0.198. The molecule has 0 amide bonds. The van der Waals surface area contributed by atoms with Gasteiger partial charge in [-0.3, -0.25) is 0 Å². The summed E-state index contributed by atoms with van der Waals surface area (Å²) in [7, 11) is 1.30. The highest BCUT2D eigenvalue weighted by Crippen LogP contribution is 2.05. The molecule has 3 nitrogen and oxygen atoms in total. The molecular weight excluding hydrogens is 204 g/mol. The molecule has 0 aliphatic heterocycles. The Morgan fingerprint density at radius 1 is 1.38 bits per heavy atom. The fourth-order valence-electron chi connectivity index (χ4n) is 1.21. The van der Waals surface area contributed by atoms with Gasteiger partial charge in [-0.25, -0.2) is 4.79 Å². The Labute approximate surface area is 95.1 Å². The number of hydrogen-bond acceptors (Lipinski definition) is 3. The average Bonchev–Trinajstić information content (AvgIpc) is 2.34. The summed E-state index contributed by atoms with van der Waals surface area (Å²) in [6.07, 6.45) is 1.61. The molecule has 1 aromatic carbocycles. The summed E-state index contributed by atoms with van der Waals surface area (Å²) >= 11 is 0. The molecule has 0 fully saturated rings. The normalized spacial score (nSPS) is 9.12. The Kier molecular flexibility index (Phi) is 5.10. The van der Waals surface area contributed by atoms with E-state index in [1.54, 1.807) is 0 Å². The SMILES string of the molecule is COC(=O)C#Cc1ccc(CCCO)cc1. The van der Waals surface area contributed by atoms with Crippen LogP contribution in [0.15, 0.2) is 24.3 Å². The van der Waals surface area contributed by atoms with Gasteiger partial charge in [0.2, 0.25) is 0 Å². The maximum Gasteiger partial charge on any atom is 0.384 e. The van der Waals surface area contributed by atoms with E-state index in [0.29, 0.717) is 0 Å². The van der Waals surface area contributed by atoms with Gasteiger partial charge in [0.15, 0.2) is 0 Å². The largest absolute Gasteiger partial charge is 0.459 e. The van der Waals surface area contributed by atoms with Crippen LogP contribution in [0.25, 0.3) is 0 Å². The fraction of sp³-hybridized carbons (Fsp3) is 0.308. The van der Waals surface area contributed by atoms with Crippen LogP contribution < -0.4 is 0 Å². The van der Waals surface area contributed by atoms with Gasteiger partial charge in [-0.15, -0.1) is 0 Å². The Hall–Kier alpha value is -1.79. The lowest BCUT2D eigenvalue weighted by Crippen LogP contribution is -1.94. The first-order chi connectivity index (χ1) is 7.76. The first kappa shape index (κ1) is 12.3. The van der Waals surface area contributed by atoms with E-state index in [2.05, 4.69) is 16.6 Å². The van der Waals surface area contributed by atoms with Crippen LogP contribution in [-0.4, -0.2) is 24.8 Å². The number of ether oxygens (including phenoxy) is 1. The molecule has 0 aliphatic carbocycles. The lowest BCUT2D eigenvalue weighted by molar-refractivity contribution is -0.133. The molecule has 0 aliphatic rings. The maximum atomic E-state index is 10.8. The van der Waals surface area contributed by atoms with E-state index in [0.717, 1.165) is 24.0 Å². The van der Waals surface area contributed by atoms with Gasteiger partial charge in [-0.1, -0.05) is 18.1 Å². The summed E-state index contributed by atoms with van der Waals surface area (Å²) < 4.78 is 4.41. The molecule has 0 unspecified atom stereocenters. The van der Waals surface area contributed by atoms with Gasteiger partial charge >= 0.3 is 5.97 Å². The van der Waals surface area contributed by atoms with Crippen molar-refractivity contribution < 1.29 is 14.6 Å². The van der Waals surface area contributed by atoms with Crippen LogP contribution in [0.2, 0.25) is 0 Å². The molecule has 0 radical (unpaired) electrons. The van der Waals surface area contributed by atoms with Gasteiger partial charge in [0, 0.05) is 18.1 Å². The van der Waals surface area contributed by atoms with E-state index in [1.807, 2.05) is 24.3 Å². The van der Waals surface area contributed by atoms with Crippen LogP contribution >= 0.6 is 0 Å². The van der Waals surface area contributed by atoms with Crippen molar-refractivity contribution in [3.8, 4) is 11.8 Å². The fourth-order valence-corrected chi connectivity index (χ4v) is 1.21. The molecule has 0 aromatic heterocycles. The summed E-state index contributed by atoms with van der Waals surface area (Å²) in [5.41, 5.74) is 1.93. The van der Waals surface area contributed by atoms with Crippen molar-refractivity contribution >= 4 is 5.97 Å². The van der Waals surface area contributed by atoms with Crippen LogP contribution in [0.3, 0.4) is 0 Å². The van der Waals surface area contributed by atoms with Crippen LogP contribution in [0, 0.1) is 11.8 Å². The van der Waals surface area contributed by atoms with Crippen molar-refractivity contribution in [2.24, 2.45) is 0 Å². The number of rotatable bonds is 3. The van der Waals surface area contributed by atoms with Crippen molar-refractivity contribution in [2.75, 3.05) is 13.7 Å². The van der Waals surface area contributed by atoms with Gasteiger partial charge in [-0.05, 0) is 30.5 Å². The number of aliphatic hydroxyl groups excluding tert-OH is 1. The number of benzene rings is 1. The highest BCUT2D eigenvalue weighted by atomic mass is 16.5. The Morgan fingerprint density at radius 2 is 2.06 bits per heavy atom. The number of carbonyl (C=O) groups excluding carboxylic acids is 1. The zero-order valence-corrected chi connectivity index (χ0v) is 9.19. The molecule has 1 N–H and O–H groups in total. The van der Waals surface area contributed by atoms with Crippen LogP contribution in [0.5, 0.6) is 0 Å². The summed E-state index contributed by atoms with van der Waals surface area (Å²) in [5, 5.41) is 8.68. The Bertz CT molecular complexity index is 395. The predicted molar refractivity (Wildman–Crippen MR) is 60.7 cm³/mol. The second-order valence-electron chi connectivity index (χ2n) is 3.27. The van der Waals surface area contributed by atoms with Crippen molar-refractivity contribution in [2.45, 2.75) is 12.8 Å². The van der Waals surface area contributed by atoms with Crippen molar-refractivity contribution in [3.63, 3.8) is 0 Å². The maximum absolute atomic E-state index is 10.8. The van der Waals surface area contributed by atoms with Crippen LogP contribution in [0.1, 0.15) is 17.5 Å². The van der Waals surface area contributed by atoms with E-state index in [-0.39, 0.29) is 6.61 Å². The third-order valence-corrected chi connectivity index (χ3v) is 2.07. The highest BCUT2D eigenvalue weighted by Gasteiger charge is 1.94. The first-order valence-electron chi connectivity index (χ1n) is 5.06. The Balaban J connectivity index is 2.63. The lowest BCUT2D eigenvalue weighted by Gasteiger charge is -1.98. The standard InChI is InChI=1S/C13H14O3/c1-16-13(15)9-8-12-6-4-11(5-7-12)3-2-10-14/h4-7,14H,2-3,10H2,1H3. The van der Waals surface area contributed by atoms with Crippen LogP contribution in [0.4, 0.5) is 0 Å². The van der Waals surface area contributed by atoms with Gasteiger partial charge in [0.25, 0.3) is 0 Å². The third-order valence-electron chi connectivity index (χ3n) is 2.07. The summed E-state index contributed by atoms with van der Waals surface area (Å²) in [6, 6.07) is 7.58. The average molecular weight is 218 g/mol. The number of aliphatic hydroxyl groups is 1. The minimum atomic E-state index is -0.538. The van der Waals surface area contributed by atoms with Crippen molar-refractivity contribution in [1.29, 1.82) is 0 Å². The number of hydrogen-bond donors (Lipinski definition) is 1. The zero-order chi connectivity index (χ0) is 11.8. The zero-order valence-electron chi connectivity index (χ0n) is 9.19. The number of carbonyl (C=O) groups is 1. The van der Waals surface area contributed by atoms with Gasteiger partial charge in [-0.2, -0.15) is 0 Å². The summed E-state index contributed by atoms with van der Waals surface area (Å²) in [4.78, 5) is 10.8. The van der Waals surface area contributed by atoms with E-state index in [1.165, 1.54) is 7.11 Å². The topological polar surface area (TPSA) is 46.5 Å². The lowest BCUT2D eigenvalue weighted by atomic mass is 10.1. The van der Waals surface area contributed by atoms with Crippen molar-refractivity contribution in [3.05, 3.63) is 35.4 Å². The van der Waals surface area contributed by atoms with Crippen LogP contribution in [-0.2, 0) is 16.0 Å². The summed E-state index contributed by atoms with van der Waals surface area (Å²) in [5.74, 6) is 4.53. The molecule has 3 heteroatoms. The molecule has 0 atom stereocenters. The molecule has 0 spiro atoms. The minimum absolute atomic E-state index is 0.198. The molecule has 84 valence electrons. The van der Waals surface area contributed by atoms with Gasteiger partial charge < -0.3 is 9.84 Å². The molecule has 0 saturated heterocycles. The molecule has 0 heterocycles. The Morgan fingerprint density at radius 3 is 2.62 bits per heavy atom. The van der Waals surface area contributed by atoms with E-state index < -0.39 is 5.97 Å². The second-order valence-corrected chi connectivity index (χ2v) is 3.27. The second kappa shape index (κ2) is 6.65. The molecule has 0 saturated carbocycles. The molecule has 1 rings (SSSR count). The smallest absolute Gasteiger partial charge is 0.384 e. The highest BCUT2D eigenvalue weighted by molar-refractivity contribution is 5.88. The van der Waals surface area contributed by atoms with Gasteiger partial charge in [0.1, 0.15) is 0 Å². The molecular formula is C13H14O3. The molecule has 0 bridgehead atoms. The van der Waals surface area contributed by atoms with Gasteiger partial charge in [0.05, 0.1) is 7.11 Å². The number of methoxy groups -OCH3 is 1. The van der Waals surface area contributed by atoms with Crippen molar-refractivity contribution in [1.82, 2.24) is 0 Å². The van der Waals surface area contributed by atoms with E-state index >= 15 is 0 Å². The quantitative estimate of drug-likeness (QED) is 0.611. The first-order valence-corrected chi connectivity index (χ1v) is 5.06. The molecule has 1 aromatic rings. The number of esters is 1. The monoisotopic (exact) mass is 218 g/mol. The van der Waals surface area contributed by atoms with E-state index in [9.17, 15) is 4.79 Å².